The highest BCUT2D eigenvalue weighted by Gasteiger charge is 2.23. The minimum atomic E-state index is 0.00765. The molecule has 1 aliphatic rings. The lowest BCUT2D eigenvalue weighted by atomic mass is 9.97. The molecule has 35 heavy (non-hydrogen) atoms. The van der Waals surface area contributed by atoms with Crippen molar-refractivity contribution in [2.45, 2.75) is 32.2 Å². The lowest BCUT2D eigenvalue weighted by Crippen LogP contribution is -2.24. The van der Waals surface area contributed by atoms with Gasteiger partial charge in [-0.2, -0.15) is 0 Å². The summed E-state index contributed by atoms with van der Waals surface area (Å²) in [5, 5.41) is 4.39. The number of aromatic nitrogens is 3. The molecule has 2 aromatic carbocycles. The summed E-state index contributed by atoms with van der Waals surface area (Å²) < 4.78 is 7.22. The van der Waals surface area contributed by atoms with Gasteiger partial charge in [0.2, 0.25) is 0 Å². The highest BCUT2D eigenvalue weighted by Crippen LogP contribution is 2.35. The molecule has 0 amide bonds. The van der Waals surface area contributed by atoms with Crippen LogP contribution in [0, 0.1) is 0 Å². The number of halogens is 1. The smallest absolute Gasteiger partial charge is 0.263 e. The van der Waals surface area contributed by atoms with E-state index in [9.17, 15) is 4.79 Å². The molecule has 1 aliphatic carbocycles. The zero-order valence-corrected chi connectivity index (χ0v) is 21.5. The molecule has 6 rings (SSSR count). The van der Waals surface area contributed by atoms with Crippen molar-refractivity contribution in [1.82, 2.24) is 14.5 Å². The van der Waals surface area contributed by atoms with Crippen molar-refractivity contribution in [3.63, 3.8) is 0 Å². The Morgan fingerprint density at radius 1 is 1.06 bits per heavy atom. The Hall–Kier alpha value is -3.00. The zero-order valence-electron chi connectivity index (χ0n) is 19.1. The molecule has 0 N–H and O–H groups in total. The van der Waals surface area contributed by atoms with E-state index in [4.69, 9.17) is 26.3 Å². The Morgan fingerprint density at radius 2 is 1.89 bits per heavy atom. The third kappa shape index (κ3) is 4.18. The van der Waals surface area contributed by atoms with E-state index in [-0.39, 0.29) is 5.56 Å². The number of fused-ring (bicyclic) bond motifs is 3. The van der Waals surface area contributed by atoms with Crippen molar-refractivity contribution < 1.29 is 4.74 Å². The van der Waals surface area contributed by atoms with Crippen molar-refractivity contribution in [2.24, 2.45) is 0 Å². The molecule has 0 aliphatic heterocycles. The standard InChI is InChI=1S/C27H22ClN3O2S2/c1-33-20-6-4-5-17(13-20)24-30-26-23(21-7-2-3-8-22(21)35-26)27(32)31(24)14-19-15-34-25(29-19)16-9-11-18(28)12-10-16/h4-6,9-13,15H,2-3,7-8,14H2,1H3. The van der Waals surface area contributed by atoms with E-state index in [1.807, 2.05) is 53.9 Å². The quantitative estimate of drug-likeness (QED) is 0.255. The van der Waals surface area contributed by atoms with Gasteiger partial charge in [0.15, 0.2) is 0 Å². The molecule has 0 saturated carbocycles. The van der Waals surface area contributed by atoms with E-state index < -0.39 is 0 Å². The Balaban J connectivity index is 1.50. The van der Waals surface area contributed by atoms with E-state index in [2.05, 4.69) is 0 Å². The number of thiazole rings is 1. The first kappa shape index (κ1) is 22.5. The lowest BCUT2D eigenvalue weighted by molar-refractivity contribution is 0.415. The maximum Gasteiger partial charge on any atom is 0.263 e. The summed E-state index contributed by atoms with van der Waals surface area (Å²) in [4.78, 5) is 26.0. The summed E-state index contributed by atoms with van der Waals surface area (Å²) in [7, 11) is 1.64. The third-order valence-corrected chi connectivity index (χ3v) is 8.74. The number of thiophene rings is 1. The van der Waals surface area contributed by atoms with E-state index in [0.29, 0.717) is 17.4 Å². The predicted octanol–water partition coefficient (Wildman–Crippen LogP) is 6.84. The lowest BCUT2D eigenvalue weighted by Gasteiger charge is -2.14. The molecule has 0 atom stereocenters. The molecule has 0 fully saturated rings. The summed E-state index contributed by atoms with van der Waals surface area (Å²) in [6.45, 7) is 0.350. The molecule has 0 saturated heterocycles. The maximum absolute atomic E-state index is 14.0. The van der Waals surface area contributed by atoms with Crippen LogP contribution < -0.4 is 10.3 Å². The van der Waals surface area contributed by atoms with E-state index >= 15 is 0 Å². The second kappa shape index (κ2) is 9.22. The van der Waals surface area contributed by atoms with Gasteiger partial charge in [-0.25, -0.2) is 9.97 Å². The van der Waals surface area contributed by atoms with Gasteiger partial charge in [0.25, 0.3) is 5.56 Å². The van der Waals surface area contributed by atoms with Gasteiger partial charge in [-0.05, 0) is 55.5 Å². The van der Waals surface area contributed by atoms with Crippen LogP contribution >= 0.6 is 34.3 Å². The van der Waals surface area contributed by atoms with Crippen molar-refractivity contribution in [3.05, 3.63) is 85.4 Å². The van der Waals surface area contributed by atoms with Gasteiger partial charge in [0.1, 0.15) is 21.4 Å². The molecule has 0 bridgehead atoms. The normalized spacial score (nSPS) is 13.2. The van der Waals surface area contributed by atoms with Crippen LogP contribution in [0.25, 0.3) is 32.2 Å². The summed E-state index contributed by atoms with van der Waals surface area (Å²) >= 11 is 9.28. The van der Waals surface area contributed by atoms with Gasteiger partial charge < -0.3 is 4.74 Å². The fraction of sp³-hybridized carbons (Fsp3) is 0.222. The molecule has 176 valence electrons. The van der Waals surface area contributed by atoms with E-state index in [1.165, 1.54) is 16.9 Å². The van der Waals surface area contributed by atoms with Gasteiger partial charge in [0, 0.05) is 26.4 Å². The molecule has 8 heteroatoms. The molecule has 0 spiro atoms. The van der Waals surface area contributed by atoms with Crippen LogP contribution in [0.4, 0.5) is 0 Å². The number of benzene rings is 2. The fourth-order valence-electron chi connectivity index (χ4n) is 4.63. The van der Waals surface area contributed by atoms with E-state index in [1.54, 1.807) is 34.4 Å². The van der Waals surface area contributed by atoms with Crippen LogP contribution in [-0.4, -0.2) is 21.6 Å². The van der Waals surface area contributed by atoms with E-state index in [0.717, 1.165) is 57.1 Å². The monoisotopic (exact) mass is 519 g/mol. The topological polar surface area (TPSA) is 57.0 Å². The first-order valence-electron chi connectivity index (χ1n) is 11.5. The van der Waals surface area contributed by atoms with Crippen molar-refractivity contribution in [2.75, 3.05) is 7.11 Å². The van der Waals surface area contributed by atoms with Gasteiger partial charge in [-0.1, -0.05) is 35.9 Å². The predicted molar refractivity (Wildman–Crippen MR) is 144 cm³/mol. The largest absolute Gasteiger partial charge is 0.497 e. The number of methoxy groups -OCH3 is 1. The van der Waals surface area contributed by atoms with Crippen LogP contribution in [-0.2, 0) is 19.4 Å². The van der Waals surface area contributed by atoms with Crippen LogP contribution in [0.1, 0.15) is 29.0 Å². The highest BCUT2D eigenvalue weighted by atomic mass is 35.5. The number of aryl methyl sites for hydroxylation is 2. The van der Waals surface area contributed by atoms with Crippen LogP contribution in [0.2, 0.25) is 5.02 Å². The number of ether oxygens (including phenoxy) is 1. The molecule has 3 aromatic heterocycles. The van der Waals surface area contributed by atoms with Crippen molar-refractivity contribution in [1.29, 1.82) is 0 Å². The first-order chi connectivity index (χ1) is 17.1. The number of hydrogen-bond acceptors (Lipinski definition) is 6. The summed E-state index contributed by atoms with van der Waals surface area (Å²) in [6.07, 6.45) is 4.26. The molecule has 3 heterocycles. The van der Waals surface area contributed by atoms with Gasteiger partial charge in [-0.15, -0.1) is 22.7 Å². The average molecular weight is 520 g/mol. The number of nitrogens with zero attached hydrogens (tertiary/aromatic N) is 3. The Bertz CT molecular complexity index is 1600. The first-order valence-corrected chi connectivity index (χ1v) is 13.6. The highest BCUT2D eigenvalue weighted by molar-refractivity contribution is 7.18. The number of rotatable bonds is 5. The summed E-state index contributed by atoms with van der Waals surface area (Å²) in [5.41, 5.74) is 3.89. The Morgan fingerprint density at radius 3 is 2.71 bits per heavy atom. The van der Waals surface area contributed by atoms with Crippen LogP contribution in [0.5, 0.6) is 5.75 Å². The minimum Gasteiger partial charge on any atom is -0.497 e. The fourth-order valence-corrected chi connectivity index (χ4v) is 6.83. The average Bonchev–Trinajstić information content (AvgIpc) is 3.51. The molecular formula is C27H22ClN3O2S2. The molecule has 5 aromatic rings. The maximum atomic E-state index is 14.0. The van der Waals surface area contributed by atoms with Gasteiger partial charge >= 0.3 is 0 Å². The van der Waals surface area contributed by atoms with Crippen LogP contribution in [0.3, 0.4) is 0 Å². The summed E-state index contributed by atoms with van der Waals surface area (Å²) in [5.74, 6) is 1.37. The van der Waals surface area contributed by atoms with Gasteiger partial charge in [-0.3, -0.25) is 9.36 Å². The van der Waals surface area contributed by atoms with Crippen molar-refractivity contribution >= 4 is 44.5 Å². The molecular weight excluding hydrogens is 498 g/mol. The zero-order chi connectivity index (χ0) is 23.9. The second-order valence-corrected chi connectivity index (χ2v) is 11.0. The Kier molecular flexibility index (Phi) is 5.92. The molecule has 0 radical (unpaired) electrons. The second-order valence-electron chi connectivity index (χ2n) is 8.60. The van der Waals surface area contributed by atoms with Crippen LogP contribution in [0.15, 0.2) is 58.7 Å². The SMILES string of the molecule is COc1cccc(-c2nc3sc4c(c3c(=O)n2Cc2csc(-c3ccc(Cl)cc3)n2)CCCC4)c1. The van der Waals surface area contributed by atoms with Crippen molar-refractivity contribution in [3.8, 4) is 27.7 Å². The van der Waals surface area contributed by atoms with Gasteiger partial charge in [0.05, 0.1) is 24.7 Å². The third-order valence-electron chi connectivity index (χ3n) is 6.37. The Labute approximate surface area is 215 Å². The molecule has 0 unspecified atom stereocenters. The number of hydrogen-bond donors (Lipinski definition) is 0. The minimum absolute atomic E-state index is 0.00765. The molecule has 5 nitrogen and oxygen atoms in total. The summed E-state index contributed by atoms with van der Waals surface area (Å²) in [6, 6.07) is 15.4.